The van der Waals surface area contributed by atoms with E-state index in [2.05, 4.69) is 20.0 Å². The minimum atomic E-state index is -3.80. The minimum Gasteiger partial charge on any atom is -0.326 e. The second-order valence-electron chi connectivity index (χ2n) is 4.37. The second kappa shape index (κ2) is 4.97. The van der Waals surface area contributed by atoms with Crippen molar-refractivity contribution in [1.82, 2.24) is 9.97 Å². The molecule has 0 saturated carbocycles. The molecule has 3 rings (SSSR count). The Bertz CT molecular complexity index is 821. The fourth-order valence-electron chi connectivity index (χ4n) is 1.93. The van der Waals surface area contributed by atoms with E-state index in [0.717, 1.165) is 0 Å². The van der Waals surface area contributed by atoms with Crippen LogP contribution in [0.4, 0.5) is 11.5 Å². The molecule has 2 heterocycles. The highest BCUT2D eigenvalue weighted by molar-refractivity contribution is 7.92. The molecule has 9 heteroatoms. The highest BCUT2D eigenvalue weighted by Crippen LogP contribution is 2.26. The molecular weight excluding hydrogens is 316 g/mol. The Kier molecular flexibility index (Phi) is 3.26. The molecule has 1 amide bonds. The van der Waals surface area contributed by atoms with Crippen LogP contribution in [-0.2, 0) is 21.2 Å². The molecule has 2 aromatic rings. The first-order valence-corrected chi connectivity index (χ1v) is 7.73. The average molecular weight is 325 g/mol. The number of nitrogens with one attached hydrogen (secondary N) is 2. The number of rotatable bonds is 3. The molecule has 0 bridgehead atoms. The molecule has 1 aromatic heterocycles. The number of aromatic nitrogens is 2. The molecule has 0 aliphatic carbocycles. The largest absolute Gasteiger partial charge is 0.326 e. The predicted octanol–water partition coefficient (Wildman–Crippen LogP) is 1.43. The summed E-state index contributed by atoms with van der Waals surface area (Å²) in [5.41, 5.74) is 1.27. The SMILES string of the molecule is O=C1Cc2cc(S(=O)(=O)Nc3cnc(Cl)cn3)ccc2N1. The molecule has 2 N–H and O–H groups in total. The van der Waals surface area contributed by atoms with Gasteiger partial charge in [0.15, 0.2) is 5.82 Å². The van der Waals surface area contributed by atoms with Crippen molar-refractivity contribution in [3.05, 3.63) is 41.3 Å². The van der Waals surface area contributed by atoms with Crippen LogP contribution in [0.2, 0.25) is 5.15 Å². The van der Waals surface area contributed by atoms with Gasteiger partial charge in [0.25, 0.3) is 10.0 Å². The van der Waals surface area contributed by atoms with Gasteiger partial charge in [-0.15, -0.1) is 0 Å². The molecule has 0 saturated heterocycles. The number of hydrogen-bond acceptors (Lipinski definition) is 5. The van der Waals surface area contributed by atoms with Crippen molar-refractivity contribution >= 4 is 39.0 Å². The molecule has 1 aliphatic rings. The summed E-state index contributed by atoms with van der Waals surface area (Å²) < 4.78 is 26.8. The smallest absolute Gasteiger partial charge is 0.263 e. The van der Waals surface area contributed by atoms with Crippen LogP contribution in [0.1, 0.15) is 5.56 Å². The van der Waals surface area contributed by atoms with Crippen molar-refractivity contribution < 1.29 is 13.2 Å². The molecule has 108 valence electrons. The first-order valence-electron chi connectivity index (χ1n) is 5.87. The van der Waals surface area contributed by atoms with E-state index in [1.807, 2.05) is 0 Å². The van der Waals surface area contributed by atoms with Crippen LogP contribution in [0.25, 0.3) is 0 Å². The van der Waals surface area contributed by atoms with Gasteiger partial charge < -0.3 is 5.32 Å². The van der Waals surface area contributed by atoms with Crippen molar-refractivity contribution in [2.24, 2.45) is 0 Å². The number of fused-ring (bicyclic) bond motifs is 1. The van der Waals surface area contributed by atoms with Crippen LogP contribution < -0.4 is 10.0 Å². The van der Waals surface area contributed by atoms with E-state index in [1.165, 1.54) is 24.5 Å². The molecule has 7 nitrogen and oxygen atoms in total. The minimum absolute atomic E-state index is 0.0505. The van der Waals surface area contributed by atoms with Crippen LogP contribution in [-0.4, -0.2) is 24.3 Å². The summed E-state index contributed by atoms with van der Waals surface area (Å²) >= 11 is 5.59. The Balaban J connectivity index is 1.90. The highest BCUT2D eigenvalue weighted by atomic mass is 35.5. The topological polar surface area (TPSA) is 101 Å². The summed E-state index contributed by atoms with van der Waals surface area (Å²) in [7, 11) is -3.80. The van der Waals surface area contributed by atoms with Crippen LogP contribution in [0.15, 0.2) is 35.5 Å². The summed E-state index contributed by atoms with van der Waals surface area (Å²) in [5.74, 6) is -0.0924. The summed E-state index contributed by atoms with van der Waals surface area (Å²) in [6.07, 6.45) is 2.63. The fourth-order valence-corrected chi connectivity index (χ4v) is 3.08. The average Bonchev–Trinajstić information content (AvgIpc) is 2.80. The van der Waals surface area contributed by atoms with Crippen molar-refractivity contribution in [3.63, 3.8) is 0 Å². The molecule has 1 aromatic carbocycles. The van der Waals surface area contributed by atoms with Crippen molar-refractivity contribution in [3.8, 4) is 0 Å². The number of carbonyl (C=O) groups is 1. The molecule has 1 aliphatic heterocycles. The highest BCUT2D eigenvalue weighted by Gasteiger charge is 2.22. The van der Waals surface area contributed by atoms with E-state index in [0.29, 0.717) is 11.3 Å². The Morgan fingerprint density at radius 2 is 2.05 bits per heavy atom. The maximum Gasteiger partial charge on any atom is 0.263 e. The molecule has 0 unspecified atom stereocenters. The van der Waals surface area contributed by atoms with Gasteiger partial charge in [-0.2, -0.15) is 0 Å². The number of benzene rings is 1. The molecule has 0 spiro atoms. The summed E-state index contributed by atoms with van der Waals surface area (Å²) in [6.45, 7) is 0. The Morgan fingerprint density at radius 3 is 2.76 bits per heavy atom. The maximum absolute atomic E-state index is 12.3. The zero-order chi connectivity index (χ0) is 15.0. The molecule has 21 heavy (non-hydrogen) atoms. The number of sulfonamides is 1. The van der Waals surface area contributed by atoms with E-state index < -0.39 is 10.0 Å². The molecular formula is C12H9ClN4O3S. The Morgan fingerprint density at radius 1 is 1.24 bits per heavy atom. The van der Waals surface area contributed by atoms with Gasteiger partial charge in [0, 0.05) is 5.69 Å². The van der Waals surface area contributed by atoms with E-state index in [4.69, 9.17) is 11.6 Å². The lowest BCUT2D eigenvalue weighted by atomic mass is 10.2. The first-order chi connectivity index (χ1) is 9.94. The van der Waals surface area contributed by atoms with Gasteiger partial charge in [0.2, 0.25) is 5.91 Å². The number of halogens is 1. The zero-order valence-electron chi connectivity index (χ0n) is 10.5. The van der Waals surface area contributed by atoms with Gasteiger partial charge in [0.1, 0.15) is 5.15 Å². The van der Waals surface area contributed by atoms with Crippen molar-refractivity contribution in [2.45, 2.75) is 11.3 Å². The standard InChI is InChI=1S/C12H9ClN4O3S/c13-10-5-15-11(6-14-10)17-21(19,20)8-1-2-9-7(3-8)4-12(18)16-9/h1-3,5-6H,4H2,(H,15,17)(H,16,18). The number of anilines is 2. The van der Waals surface area contributed by atoms with Crippen molar-refractivity contribution in [2.75, 3.05) is 10.0 Å². The van der Waals surface area contributed by atoms with Crippen LogP contribution in [0.3, 0.4) is 0 Å². The van der Waals surface area contributed by atoms with Crippen LogP contribution in [0.5, 0.6) is 0 Å². The molecule has 0 atom stereocenters. The van der Waals surface area contributed by atoms with Gasteiger partial charge in [-0.3, -0.25) is 9.52 Å². The van der Waals surface area contributed by atoms with Crippen LogP contribution in [0, 0.1) is 0 Å². The lowest BCUT2D eigenvalue weighted by Gasteiger charge is -2.08. The maximum atomic E-state index is 12.3. The summed E-state index contributed by atoms with van der Waals surface area (Å²) in [5, 5.41) is 2.81. The van der Waals surface area contributed by atoms with Crippen molar-refractivity contribution in [1.29, 1.82) is 0 Å². The van der Waals surface area contributed by atoms with E-state index >= 15 is 0 Å². The van der Waals surface area contributed by atoms with Gasteiger partial charge in [-0.05, 0) is 23.8 Å². The van der Waals surface area contributed by atoms with Gasteiger partial charge in [0.05, 0.1) is 23.7 Å². The van der Waals surface area contributed by atoms with Gasteiger partial charge in [-0.25, -0.2) is 18.4 Å². The first kappa shape index (κ1) is 13.8. The third-order valence-electron chi connectivity index (χ3n) is 2.87. The Labute approximate surface area is 125 Å². The number of hydrogen-bond donors (Lipinski definition) is 2. The van der Waals surface area contributed by atoms with E-state index in [-0.39, 0.29) is 28.2 Å². The number of nitrogens with zero attached hydrogens (tertiary/aromatic N) is 2. The number of amides is 1. The third-order valence-corrected chi connectivity index (χ3v) is 4.42. The van der Waals surface area contributed by atoms with E-state index in [9.17, 15) is 13.2 Å². The lowest BCUT2D eigenvalue weighted by Crippen LogP contribution is -2.14. The summed E-state index contributed by atoms with van der Waals surface area (Å²) in [4.78, 5) is 18.9. The monoisotopic (exact) mass is 324 g/mol. The fraction of sp³-hybridized carbons (Fsp3) is 0.0833. The Hall–Kier alpha value is -2.19. The van der Waals surface area contributed by atoms with E-state index in [1.54, 1.807) is 6.07 Å². The van der Waals surface area contributed by atoms with Gasteiger partial charge in [-0.1, -0.05) is 11.6 Å². The normalized spacial score (nSPS) is 13.7. The molecule has 0 radical (unpaired) electrons. The quantitative estimate of drug-likeness (QED) is 0.889. The van der Waals surface area contributed by atoms with Crippen LogP contribution >= 0.6 is 11.6 Å². The molecule has 0 fully saturated rings. The van der Waals surface area contributed by atoms with Gasteiger partial charge >= 0.3 is 0 Å². The third kappa shape index (κ3) is 2.81. The predicted molar refractivity (Wildman–Crippen MR) is 76.6 cm³/mol. The summed E-state index contributed by atoms with van der Waals surface area (Å²) in [6, 6.07) is 4.43. The second-order valence-corrected chi connectivity index (χ2v) is 6.44. The number of carbonyl (C=O) groups excluding carboxylic acids is 1. The zero-order valence-corrected chi connectivity index (χ0v) is 12.1. The lowest BCUT2D eigenvalue weighted by molar-refractivity contribution is -0.115.